The second-order valence-electron chi connectivity index (χ2n) is 9.26. The van der Waals surface area contributed by atoms with Crippen molar-refractivity contribution in [2.24, 2.45) is 5.41 Å². The maximum Gasteiger partial charge on any atom is 0.216 e. The number of hydrogen-bond donors (Lipinski definition) is 0. The van der Waals surface area contributed by atoms with E-state index in [4.69, 9.17) is 4.98 Å². The van der Waals surface area contributed by atoms with Gasteiger partial charge in [0, 0.05) is 59.6 Å². The largest absolute Gasteiger partial charge is 0.342 e. The second kappa shape index (κ2) is 7.83. The summed E-state index contributed by atoms with van der Waals surface area (Å²) < 4.78 is 16.1. The highest BCUT2D eigenvalue weighted by molar-refractivity contribution is 7.99. The SMILES string of the molecule is Bc1cnc2c(Sc3ccnc(F)c3C)cnc(N3CCC4(CC3)Cc3cccnc3C4)n12. The van der Waals surface area contributed by atoms with E-state index >= 15 is 0 Å². The maximum atomic E-state index is 13.9. The smallest absolute Gasteiger partial charge is 0.216 e. The molecule has 1 saturated heterocycles. The summed E-state index contributed by atoms with van der Waals surface area (Å²) >= 11 is 1.48. The van der Waals surface area contributed by atoms with E-state index in [0.29, 0.717) is 11.0 Å². The zero-order chi connectivity index (χ0) is 22.6. The Balaban J connectivity index is 1.27. The van der Waals surface area contributed by atoms with Gasteiger partial charge in [-0.05, 0) is 55.7 Å². The first-order chi connectivity index (χ1) is 16.0. The number of aromatic nitrogens is 5. The second-order valence-corrected chi connectivity index (χ2v) is 10.3. The van der Waals surface area contributed by atoms with Crippen LogP contribution in [0.15, 0.2) is 52.8 Å². The zero-order valence-corrected chi connectivity index (χ0v) is 19.6. The van der Waals surface area contributed by atoms with Crippen LogP contribution in [0.1, 0.15) is 29.7 Å². The summed E-state index contributed by atoms with van der Waals surface area (Å²) in [4.78, 5) is 22.0. The van der Waals surface area contributed by atoms with Crippen LogP contribution in [-0.4, -0.2) is 45.3 Å². The highest BCUT2D eigenvalue weighted by Gasteiger charge is 2.41. The van der Waals surface area contributed by atoms with Crippen molar-refractivity contribution >= 4 is 36.8 Å². The molecule has 9 heteroatoms. The number of piperidine rings is 1. The molecule has 4 aromatic rings. The quantitative estimate of drug-likeness (QED) is 0.348. The van der Waals surface area contributed by atoms with Crippen LogP contribution in [-0.2, 0) is 12.8 Å². The number of halogens is 1. The standard InChI is InChI=1S/C24H24BFN6S/c1-15-18(4-8-28-21(15)26)33-19-13-30-23(32-20(25)14-29-22(19)32)31-9-5-24(6-10-31)11-16-3-2-7-27-17(16)12-24/h2-4,7-8,13-14H,5-6,9-12,25H2,1H3. The van der Waals surface area contributed by atoms with Crippen LogP contribution in [0.25, 0.3) is 5.65 Å². The van der Waals surface area contributed by atoms with Crippen molar-refractivity contribution in [1.29, 1.82) is 0 Å². The van der Waals surface area contributed by atoms with Gasteiger partial charge in [-0.2, -0.15) is 4.39 Å². The summed E-state index contributed by atoms with van der Waals surface area (Å²) in [6, 6.07) is 6.12. The molecule has 6 rings (SSSR count). The molecular formula is C24H24BFN6S. The molecule has 0 aromatic carbocycles. The lowest BCUT2D eigenvalue weighted by Crippen LogP contribution is -2.42. The molecule has 1 fully saturated rings. The third-order valence-electron chi connectivity index (χ3n) is 7.17. The molecule has 4 aromatic heterocycles. The lowest BCUT2D eigenvalue weighted by Gasteiger charge is -2.40. The van der Waals surface area contributed by atoms with E-state index in [1.807, 2.05) is 24.7 Å². The Bertz CT molecular complexity index is 1340. The fraction of sp³-hybridized carbons (Fsp3) is 0.333. The summed E-state index contributed by atoms with van der Waals surface area (Å²) in [6.45, 7) is 3.69. The summed E-state index contributed by atoms with van der Waals surface area (Å²) in [5.74, 6) is 0.497. The van der Waals surface area contributed by atoms with Crippen LogP contribution in [0.3, 0.4) is 0 Å². The molecule has 0 radical (unpaired) electrons. The monoisotopic (exact) mass is 458 g/mol. The highest BCUT2D eigenvalue weighted by Crippen LogP contribution is 2.44. The van der Waals surface area contributed by atoms with Crippen molar-refractivity contribution in [1.82, 2.24) is 24.3 Å². The van der Waals surface area contributed by atoms with Crippen molar-refractivity contribution < 1.29 is 4.39 Å². The number of imidazole rings is 1. The number of nitrogens with zero attached hydrogens (tertiary/aromatic N) is 6. The van der Waals surface area contributed by atoms with E-state index in [9.17, 15) is 4.39 Å². The summed E-state index contributed by atoms with van der Waals surface area (Å²) in [5.41, 5.74) is 5.47. The van der Waals surface area contributed by atoms with Crippen molar-refractivity contribution in [3.05, 3.63) is 65.8 Å². The minimum Gasteiger partial charge on any atom is -0.342 e. The van der Waals surface area contributed by atoms with E-state index < -0.39 is 5.95 Å². The normalized spacial score (nSPS) is 17.1. The van der Waals surface area contributed by atoms with Gasteiger partial charge in [-0.25, -0.2) is 15.0 Å². The van der Waals surface area contributed by atoms with Gasteiger partial charge in [0.15, 0.2) is 13.5 Å². The minimum atomic E-state index is -0.438. The third kappa shape index (κ3) is 3.49. The van der Waals surface area contributed by atoms with Crippen molar-refractivity contribution in [2.45, 2.75) is 42.4 Å². The molecule has 0 N–H and O–H groups in total. The molecule has 0 atom stereocenters. The Morgan fingerprint density at radius 3 is 2.67 bits per heavy atom. The van der Waals surface area contributed by atoms with Gasteiger partial charge in [-0.3, -0.25) is 9.38 Å². The van der Waals surface area contributed by atoms with Crippen molar-refractivity contribution in [3.63, 3.8) is 0 Å². The van der Waals surface area contributed by atoms with Gasteiger partial charge in [0.1, 0.15) is 0 Å². The van der Waals surface area contributed by atoms with Crippen LogP contribution in [0, 0.1) is 18.3 Å². The van der Waals surface area contributed by atoms with Gasteiger partial charge in [0.05, 0.1) is 4.90 Å². The molecule has 5 heterocycles. The molecule has 0 bridgehead atoms. The molecule has 1 aliphatic heterocycles. The van der Waals surface area contributed by atoms with Gasteiger partial charge in [-0.15, -0.1) is 0 Å². The Morgan fingerprint density at radius 1 is 1.00 bits per heavy atom. The molecule has 0 saturated carbocycles. The maximum absolute atomic E-state index is 13.9. The van der Waals surface area contributed by atoms with Gasteiger partial charge >= 0.3 is 0 Å². The number of anilines is 1. The van der Waals surface area contributed by atoms with Crippen molar-refractivity contribution in [3.8, 4) is 0 Å². The first-order valence-electron chi connectivity index (χ1n) is 11.3. The van der Waals surface area contributed by atoms with E-state index in [-0.39, 0.29) is 0 Å². The number of fused-ring (bicyclic) bond motifs is 2. The van der Waals surface area contributed by atoms with Gasteiger partial charge < -0.3 is 4.90 Å². The highest BCUT2D eigenvalue weighted by atomic mass is 32.2. The molecule has 1 spiro atoms. The summed E-state index contributed by atoms with van der Waals surface area (Å²) in [6.07, 6.45) is 11.7. The first kappa shape index (κ1) is 20.7. The lowest BCUT2D eigenvalue weighted by molar-refractivity contribution is 0.230. The fourth-order valence-electron chi connectivity index (χ4n) is 5.26. The van der Waals surface area contributed by atoms with E-state index in [1.54, 1.807) is 6.92 Å². The van der Waals surface area contributed by atoms with Crippen LogP contribution in [0.2, 0.25) is 0 Å². The summed E-state index contributed by atoms with van der Waals surface area (Å²) in [7, 11) is 2.06. The van der Waals surface area contributed by atoms with Crippen LogP contribution >= 0.6 is 11.8 Å². The number of hydrogen-bond acceptors (Lipinski definition) is 6. The van der Waals surface area contributed by atoms with Crippen LogP contribution in [0.5, 0.6) is 0 Å². The van der Waals surface area contributed by atoms with Gasteiger partial charge in [0.2, 0.25) is 11.9 Å². The number of rotatable bonds is 3. The van der Waals surface area contributed by atoms with Gasteiger partial charge in [0.25, 0.3) is 0 Å². The van der Waals surface area contributed by atoms with E-state index in [2.05, 4.69) is 44.2 Å². The molecule has 6 nitrogen and oxygen atoms in total. The van der Waals surface area contributed by atoms with Crippen molar-refractivity contribution in [2.75, 3.05) is 18.0 Å². The molecular weight excluding hydrogens is 434 g/mol. The molecule has 33 heavy (non-hydrogen) atoms. The fourth-order valence-corrected chi connectivity index (χ4v) is 6.20. The van der Waals surface area contributed by atoms with E-state index in [1.165, 1.54) is 29.2 Å². The first-order valence-corrected chi connectivity index (χ1v) is 12.1. The molecule has 166 valence electrons. The summed E-state index contributed by atoms with van der Waals surface area (Å²) in [5, 5.41) is 0. The average Bonchev–Trinajstić information content (AvgIpc) is 3.38. The molecule has 0 unspecified atom stereocenters. The number of pyridine rings is 2. The average molecular weight is 458 g/mol. The predicted octanol–water partition coefficient (Wildman–Crippen LogP) is 2.76. The Morgan fingerprint density at radius 2 is 1.85 bits per heavy atom. The Hall–Kier alpha value is -2.94. The van der Waals surface area contributed by atoms with Crippen LogP contribution in [0.4, 0.5) is 10.3 Å². The topological polar surface area (TPSA) is 59.2 Å². The Kier molecular flexibility index (Phi) is 4.90. The van der Waals surface area contributed by atoms with Gasteiger partial charge in [-0.1, -0.05) is 17.8 Å². The predicted molar refractivity (Wildman–Crippen MR) is 130 cm³/mol. The zero-order valence-electron chi connectivity index (χ0n) is 18.8. The molecule has 2 aliphatic rings. The Labute approximate surface area is 197 Å². The van der Waals surface area contributed by atoms with Crippen LogP contribution < -0.4 is 10.5 Å². The minimum absolute atomic E-state index is 0.328. The molecule has 1 aliphatic carbocycles. The van der Waals surface area contributed by atoms with E-state index in [0.717, 1.165) is 65.8 Å². The molecule has 0 amide bonds. The third-order valence-corrected chi connectivity index (χ3v) is 8.34. The lowest BCUT2D eigenvalue weighted by atomic mass is 9.76.